The molecule has 142 valence electrons. The number of nitrogens with zero attached hydrogens (tertiary/aromatic N) is 4. The zero-order valence-electron chi connectivity index (χ0n) is 15.3. The van der Waals surface area contributed by atoms with Crippen LogP contribution in [0, 0.1) is 5.82 Å². The number of carbonyl (C=O) groups is 1. The van der Waals surface area contributed by atoms with Gasteiger partial charge in [0.1, 0.15) is 18.0 Å². The zero-order valence-corrected chi connectivity index (χ0v) is 15.3. The Bertz CT molecular complexity index is 1070. The summed E-state index contributed by atoms with van der Waals surface area (Å²) in [6, 6.07) is 12.0. The summed E-state index contributed by atoms with van der Waals surface area (Å²) in [4.78, 5) is 20.9. The lowest BCUT2D eigenvalue weighted by Gasteiger charge is -2.11. The molecule has 1 aromatic carbocycles. The standard InChI is InChI=1S/C21H20FN5O/c22-18-6-4-16(5-7-18)19-13-17-3-1-8-25-21(17)27(19)14-20(28)24-9-2-11-26-12-10-23-15-26/h1,3-8,10,12-13,15H,2,9,11,14H2,(H,24,28). The maximum Gasteiger partial charge on any atom is 0.240 e. The maximum absolute atomic E-state index is 13.3. The topological polar surface area (TPSA) is 64.7 Å². The van der Waals surface area contributed by atoms with E-state index in [0.717, 1.165) is 35.3 Å². The Morgan fingerprint density at radius 2 is 2.00 bits per heavy atom. The van der Waals surface area contributed by atoms with Crippen LogP contribution in [0.25, 0.3) is 22.3 Å². The average molecular weight is 377 g/mol. The van der Waals surface area contributed by atoms with Crippen LogP contribution in [0.5, 0.6) is 0 Å². The smallest absolute Gasteiger partial charge is 0.240 e. The Kier molecular flexibility index (Phi) is 5.14. The van der Waals surface area contributed by atoms with E-state index in [0.29, 0.717) is 6.54 Å². The minimum absolute atomic E-state index is 0.0860. The van der Waals surface area contributed by atoms with Gasteiger partial charge in [0.25, 0.3) is 0 Å². The summed E-state index contributed by atoms with van der Waals surface area (Å²) in [7, 11) is 0. The van der Waals surface area contributed by atoms with E-state index in [2.05, 4.69) is 15.3 Å². The van der Waals surface area contributed by atoms with E-state index in [4.69, 9.17) is 0 Å². The normalized spacial score (nSPS) is 11.0. The number of pyridine rings is 1. The predicted octanol–water partition coefficient (Wildman–Crippen LogP) is 3.25. The van der Waals surface area contributed by atoms with E-state index in [-0.39, 0.29) is 18.3 Å². The molecule has 0 unspecified atom stereocenters. The molecule has 0 aliphatic rings. The zero-order chi connectivity index (χ0) is 19.3. The highest BCUT2D eigenvalue weighted by Gasteiger charge is 2.14. The monoisotopic (exact) mass is 377 g/mol. The molecule has 28 heavy (non-hydrogen) atoms. The number of hydrogen-bond donors (Lipinski definition) is 1. The summed E-state index contributed by atoms with van der Waals surface area (Å²) in [6.07, 6.45) is 7.91. The second-order valence-corrected chi connectivity index (χ2v) is 6.54. The van der Waals surface area contributed by atoms with Crippen molar-refractivity contribution >= 4 is 16.9 Å². The van der Waals surface area contributed by atoms with Crippen LogP contribution in [-0.2, 0) is 17.9 Å². The van der Waals surface area contributed by atoms with Crippen LogP contribution >= 0.6 is 0 Å². The Morgan fingerprint density at radius 1 is 1.14 bits per heavy atom. The predicted molar refractivity (Wildman–Crippen MR) is 105 cm³/mol. The molecule has 0 aliphatic heterocycles. The lowest BCUT2D eigenvalue weighted by Crippen LogP contribution is -2.29. The lowest BCUT2D eigenvalue weighted by molar-refractivity contribution is -0.121. The van der Waals surface area contributed by atoms with Gasteiger partial charge in [-0.3, -0.25) is 4.79 Å². The van der Waals surface area contributed by atoms with Crippen molar-refractivity contribution < 1.29 is 9.18 Å². The Labute approximate surface area is 161 Å². The molecule has 0 saturated carbocycles. The first-order chi connectivity index (χ1) is 13.7. The molecule has 1 N–H and O–H groups in total. The summed E-state index contributed by atoms with van der Waals surface area (Å²) >= 11 is 0. The lowest BCUT2D eigenvalue weighted by atomic mass is 10.1. The van der Waals surface area contributed by atoms with Crippen molar-refractivity contribution in [1.82, 2.24) is 24.4 Å². The fraction of sp³-hybridized carbons (Fsp3) is 0.190. The van der Waals surface area contributed by atoms with Crippen molar-refractivity contribution in [2.75, 3.05) is 6.54 Å². The average Bonchev–Trinajstić information content (AvgIpc) is 3.34. The van der Waals surface area contributed by atoms with Crippen molar-refractivity contribution in [1.29, 1.82) is 0 Å². The number of hydrogen-bond acceptors (Lipinski definition) is 3. The minimum Gasteiger partial charge on any atom is -0.354 e. The van der Waals surface area contributed by atoms with E-state index >= 15 is 0 Å². The van der Waals surface area contributed by atoms with Gasteiger partial charge in [-0.05, 0) is 54.4 Å². The molecule has 4 aromatic rings. The highest BCUT2D eigenvalue weighted by atomic mass is 19.1. The van der Waals surface area contributed by atoms with E-state index in [1.807, 2.05) is 33.5 Å². The first kappa shape index (κ1) is 17.9. The number of carbonyl (C=O) groups excluding carboxylic acids is 1. The third-order valence-corrected chi connectivity index (χ3v) is 4.57. The molecule has 0 spiro atoms. The number of aryl methyl sites for hydroxylation is 1. The van der Waals surface area contributed by atoms with Crippen molar-refractivity contribution in [3.63, 3.8) is 0 Å². The van der Waals surface area contributed by atoms with Crippen molar-refractivity contribution in [2.45, 2.75) is 19.5 Å². The van der Waals surface area contributed by atoms with Crippen LogP contribution in [0.2, 0.25) is 0 Å². The number of amides is 1. The summed E-state index contributed by atoms with van der Waals surface area (Å²) in [5, 5.41) is 3.89. The van der Waals surface area contributed by atoms with Gasteiger partial charge in [-0.2, -0.15) is 0 Å². The summed E-state index contributed by atoms with van der Waals surface area (Å²) < 4.78 is 17.1. The third kappa shape index (κ3) is 3.93. The fourth-order valence-corrected chi connectivity index (χ4v) is 3.21. The number of halogens is 1. The molecule has 6 nitrogen and oxygen atoms in total. The quantitative estimate of drug-likeness (QED) is 0.503. The molecule has 0 fully saturated rings. The molecular weight excluding hydrogens is 357 g/mol. The number of nitrogens with one attached hydrogen (secondary N) is 1. The van der Waals surface area contributed by atoms with E-state index in [9.17, 15) is 9.18 Å². The minimum atomic E-state index is -0.292. The van der Waals surface area contributed by atoms with Gasteiger partial charge in [0.05, 0.1) is 12.0 Å². The first-order valence-electron chi connectivity index (χ1n) is 9.13. The second-order valence-electron chi connectivity index (χ2n) is 6.54. The number of imidazole rings is 1. The number of fused-ring (bicyclic) bond motifs is 1. The SMILES string of the molecule is O=C(Cn1c(-c2ccc(F)cc2)cc2cccnc21)NCCCn1ccnc1. The molecule has 0 saturated heterocycles. The summed E-state index contributed by atoms with van der Waals surface area (Å²) in [5.41, 5.74) is 2.41. The number of benzene rings is 1. The largest absolute Gasteiger partial charge is 0.354 e. The van der Waals surface area contributed by atoms with Crippen LogP contribution in [0.1, 0.15) is 6.42 Å². The molecule has 0 bridgehead atoms. The van der Waals surface area contributed by atoms with Gasteiger partial charge in [0, 0.05) is 37.1 Å². The van der Waals surface area contributed by atoms with E-state index in [1.165, 1.54) is 12.1 Å². The second kappa shape index (κ2) is 8.04. The molecular formula is C21H20FN5O. The van der Waals surface area contributed by atoms with Gasteiger partial charge in [-0.25, -0.2) is 14.4 Å². The van der Waals surface area contributed by atoms with Crippen molar-refractivity contribution in [3.8, 4) is 11.3 Å². The van der Waals surface area contributed by atoms with E-state index < -0.39 is 0 Å². The van der Waals surface area contributed by atoms with Crippen LogP contribution in [0.3, 0.4) is 0 Å². The molecule has 0 radical (unpaired) electrons. The molecule has 0 atom stereocenters. The van der Waals surface area contributed by atoms with Crippen LogP contribution < -0.4 is 5.32 Å². The van der Waals surface area contributed by atoms with Crippen LogP contribution in [0.4, 0.5) is 4.39 Å². The van der Waals surface area contributed by atoms with Crippen molar-refractivity contribution in [2.24, 2.45) is 0 Å². The van der Waals surface area contributed by atoms with Gasteiger partial charge >= 0.3 is 0 Å². The summed E-state index contributed by atoms with van der Waals surface area (Å²) in [6.45, 7) is 1.53. The van der Waals surface area contributed by atoms with Crippen LogP contribution in [0.15, 0.2) is 67.4 Å². The molecule has 4 rings (SSSR count). The number of rotatable bonds is 7. The van der Waals surface area contributed by atoms with E-state index in [1.54, 1.807) is 30.9 Å². The molecule has 1 amide bonds. The van der Waals surface area contributed by atoms with Gasteiger partial charge in [-0.1, -0.05) is 0 Å². The van der Waals surface area contributed by atoms with Gasteiger partial charge in [0.15, 0.2) is 0 Å². The molecule has 3 heterocycles. The molecule has 0 aliphatic carbocycles. The molecule has 3 aromatic heterocycles. The first-order valence-corrected chi connectivity index (χ1v) is 9.13. The number of aromatic nitrogens is 4. The highest BCUT2D eigenvalue weighted by molar-refractivity contribution is 5.87. The van der Waals surface area contributed by atoms with Crippen molar-refractivity contribution in [3.05, 3.63) is 73.2 Å². The maximum atomic E-state index is 13.3. The Morgan fingerprint density at radius 3 is 2.79 bits per heavy atom. The third-order valence-electron chi connectivity index (χ3n) is 4.57. The van der Waals surface area contributed by atoms with Gasteiger partial charge in [-0.15, -0.1) is 0 Å². The van der Waals surface area contributed by atoms with Crippen LogP contribution in [-0.4, -0.2) is 31.6 Å². The van der Waals surface area contributed by atoms with Gasteiger partial charge in [0.2, 0.25) is 5.91 Å². The highest BCUT2D eigenvalue weighted by Crippen LogP contribution is 2.27. The molecule has 7 heteroatoms. The Balaban J connectivity index is 1.49. The van der Waals surface area contributed by atoms with Gasteiger partial charge < -0.3 is 14.5 Å². The Hall–Kier alpha value is -3.48. The summed E-state index contributed by atoms with van der Waals surface area (Å²) in [5.74, 6) is -0.377. The fourth-order valence-electron chi connectivity index (χ4n) is 3.21.